The Kier molecular flexibility index (Phi) is 5.33. The summed E-state index contributed by atoms with van der Waals surface area (Å²) in [6.45, 7) is 0. The summed E-state index contributed by atoms with van der Waals surface area (Å²) in [7, 11) is 1.52. The zero-order valence-corrected chi connectivity index (χ0v) is 17.0. The Morgan fingerprint density at radius 3 is 2.69 bits per heavy atom. The van der Waals surface area contributed by atoms with E-state index in [-0.39, 0.29) is 10.2 Å². The number of benzene rings is 3. The Bertz CT molecular complexity index is 1170. The van der Waals surface area contributed by atoms with Crippen LogP contribution in [0.3, 0.4) is 0 Å². The molecule has 4 rings (SSSR count). The predicted molar refractivity (Wildman–Crippen MR) is 119 cm³/mol. The van der Waals surface area contributed by atoms with E-state index in [2.05, 4.69) is 5.43 Å². The molecule has 7 heteroatoms. The molecular formula is C22H16N2O3S2. The first-order chi connectivity index (χ1) is 14.1. The lowest BCUT2D eigenvalue weighted by Gasteiger charge is -2.15. The number of amides is 2. The molecule has 0 atom stereocenters. The topological polar surface area (TPSA) is 58.6 Å². The molecule has 0 unspecified atom stereocenters. The fraction of sp³-hybridized carbons (Fsp3) is 0.0455. The maximum Gasteiger partial charge on any atom is 0.285 e. The van der Waals surface area contributed by atoms with Crippen LogP contribution in [0.25, 0.3) is 16.8 Å². The van der Waals surface area contributed by atoms with Crippen LogP contribution >= 0.6 is 24.0 Å². The van der Waals surface area contributed by atoms with Crippen LogP contribution in [0.2, 0.25) is 0 Å². The highest BCUT2D eigenvalue weighted by Crippen LogP contribution is 2.33. The molecule has 3 aromatic rings. The molecule has 0 saturated carbocycles. The van der Waals surface area contributed by atoms with Gasteiger partial charge in [-0.05, 0) is 52.8 Å². The minimum Gasteiger partial charge on any atom is -0.497 e. The lowest BCUT2D eigenvalue weighted by molar-refractivity contribution is -0.123. The molecule has 2 amide bonds. The number of carbonyl (C=O) groups excluding carboxylic acids is 2. The minimum atomic E-state index is -0.438. The summed E-state index contributed by atoms with van der Waals surface area (Å²) in [5, 5.41) is 3.24. The van der Waals surface area contributed by atoms with Crippen LogP contribution in [-0.4, -0.2) is 28.3 Å². The molecule has 144 valence electrons. The van der Waals surface area contributed by atoms with Crippen molar-refractivity contribution in [3.8, 4) is 5.75 Å². The molecule has 1 saturated heterocycles. The van der Waals surface area contributed by atoms with E-state index in [9.17, 15) is 9.59 Å². The number of rotatable bonds is 4. The third-order valence-corrected chi connectivity index (χ3v) is 5.75. The molecule has 0 aliphatic carbocycles. The molecule has 5 nitrogen and oxygen atoms in total. The SMILES string of the molecule is COc1cccc(C(=O)NN2C(=O)/C(=C/c3cccc4ccccc34)SC2=S)c1. The lowest BCUT2D eigenvalue weighted by atomic mass is 10.0. The summed E-state index contributed by atoms with van der Waals surface area (Å²) in [4.78, 5) is 25.9. The molecule has 29 heavy (non-hydrogen) atoms. The quantitative estimate of drug-likeness (QED) is 0.501. The van der Waals surface area contributed by atoms with Gasteiger partial charge in [-0.3, -0.25) is 15.0 Å². The molecule has 0 aromatic heterocycles. The van der Waals surface area contributed by atoms with Gasteiger partial charge in [0.2, 0.25) is 0 Å². The van der Waals surface area contributed by atoms with E-state index in [0.29, 0.717) is 16.2 Å². The van der Waals surface area contributed by atoms with E-state index < -0.39 is 5.91 Å². The lowest BCUT2D eigenvalue weighted by Crippen LogP contribution is -2.44. The Hall–Kier alpha value is -3.16. The highest BCUT2D eigenvalue weighted by atomic mass is 32.2. The summed E-state index contributed by atoms with van der Waals surface area (Å²) in [5.74, 6) is -0.241. The summed E-state index contributed by atoms with van der Waals surface area (Å²) in [6, 6.07) is 20.6. The largest absolute Gasteiger partial charge is 0.497 e. The average Bonchev–Trinajstić information content (AvgIpc) is 3.01. The van der Waals surface area contributed by atoms with Crippen molar-refractivity contribution < 1.29 is 14.3 Å². The van der Waals surface area contributed by atoms with Crippen molar-refractivity contribution in [1.29, 1.82) is 0 Å². The fourth-order valence-corrected chi connectivity index (χ4v) is 4.18. The van der Waals surface area contributed by atoms with E-state index in [4.69, 9.17) is 17.0 Å². The second-order valence-electron chi connectivity index (χ2n) is 6.26. The summed E-state index contributed by atoms with van der Waals surface area (Å²) in [5.41, 5.74) is 3.88. The van der Waals surface area contributed by atoms with Crippen molar-refractivity contribution in [2.24, 2.45) is 0 Å². The van der Waals surface area contributed by atoms with Crippen LogP contribution in [0.1, 0.15) is 15.9 Å². The predicted octanol–water partition coefficient (Wildman–Crippen LogP) is 4.39. The van der Waals surface area contributed by atoms with Crippen LogP contribution in [0, 0.1) is 0 Å². The van der Waals surface area contributed by atoms with E-state index in [1.54, 1.807) is 30.3 Å². The Morgan fingerprint density at radius 2 is 1.86 bits per heavy atom. The van der Waals surface area contributed by atoms with E-state index in [1.807, 2.05) is 42.5 Å². The number of hydrogen-bond donors (Lipinski definition) is 1. The van der Waals surface area contributed by atoms with Crippen molar-refractivity contribution in [3.05, 3.63) is 82.8 Å². The van der Waals surface area contributed by atoms with Gasteiger partial charge in [-0.1, -0.05) is 60.3 Å². The van der Waals surface area contributed by atoms with Gasteiger partial charge in [0.15, 0.2) is 4.32 Å². The van der Waals surface area contributed by atoms with Gasteiger partial charge < -0.3 is 4.74 Å². The van der Waals surface area contributed by atoms with Gasteiger partial charge in [-0.15, -0.1) is 0 Å². The molecule has 1 aliphatic heterocycles. The number of fused-ring (bicyclic) bond motifs is 1. The number of methoxy groups -OCH3 is 1. The number of nitrogens with zero attached hydrogens (tertiary/aromatic N) is 1. The van der Waals surface area contributed by atoms with E-state index in [1.165, 1.54) is 7.11 Å². The first-order valence-electron chi connectivity index (χ1n) is 8.77. The summed E-state index contributed by atoms with van der Waals surface area (Å²) >= 11 is 6.47. The molecule has 0 bridgehead atoms. The van der Waals surface area contributed by atoms with Gasteiger partial charge in [0.1, 0.15) is 5.75 Å². The van der Waals surface area contributed by atoms with Gasteiger partial charge in [0.05, 0.1) is 12.0 Å². The minimum absolute atomic E-state index is 0.276. The number of hydrogen-bond acceptors (Lipinski definition) is 5. The van der Waals surface area contributed by atoms with E-state index in [0.717, 1.165) is 33.1 Å². The van der Waals surface area contributed by atoms with Crippen LogP contribution in [0.5, 0.6) is 5.75 Å². The number of hydrazine groups is 1. The first-order valence-corrected chi connectivity index (χ1v) is 10.00. The first kappa shape index (κ1) is 19.2. The van der Waals surface area contributed by atoms with Gasteiger partial charge >= 0.3 is 0 Å². The Labute approximate surface area is 177 Å². The molecule has 0 spiro atoms. The molecule has 1 fully saturated rings. The van der Waals surface area contributed by atoms with Crippen LogP contribution < -0.4 is 10.2 Å². The van der Waals surface area contributed by atoms with Crippen molar-refractivity contribution in [2.45, 2.75) is 0 Å². The second kappa shape index (κ2) is 8.06. The second-order valence-corrected chi connectivity index (χ2v) is 7.93. The molecular weight excluding hydrogens is 404 g/mol. The van der Waals surface area contributed by atoms with Crippen molar-refractivity contribution >= 4 is 57.0 Å². The zero-order chi connectivity index (χ0) is 20.4. The van der Waals surface area contributed by atoms with Crippen molar-refractivity contribution in [1.82, 2.24) is 10.4 Å². The van der Waals surface area contributed by atoms with Crippen LogP contribution in [0.4, 0.5) is 0 Å². The maximum atomic E-state index is 12.9. The number of nitrogens with one attached hydrogen (secondary N) is 1. The maximum absolute atomic E-state index is 12.9. The highest BCUT2D eigenvalue weighted by molar-refractivity contribution is 8.26. The molecule has 1 heterocycles. The smallest absolute Gasteiger partial charge is 0.285 e. The number of ether oxygens (including phenoxy) is 1. The Morgan fingerprint density at radius 1 is 1.10 bits per heavy atom. The van der Waals surface area contributed by atoms with Gasteiger partial charge in [0, 0.05) is 5.56 Å². The van der Waals surface area contributed by atoms with Crippen molar-refractivity contribution in [2.75, 3.05) is 7.11 Å². The third-order valence-electron chi connectivity index (χ3n) is 4.45. The fourth-order valence-electron chi connectivity index (χ4n) is 3.01. The van der Waals surface area contributed by atoms with Gasteiger partial charge in [-0.2, -0.15) is 5.01 Å². The molecule has 0 radical (unpaired) electrons. The summed E-state index contributed by atoms with van der Waals surface area (Å²) in [6.07, 6.45) is 1.80. The normalized spacial score (nSPS) is 15.2. The monoisotopic (exact) mass is 420 g/mol. The van der Waals surface area contributed by atoms with Crippen molar-refractivity contribution in [3.63, 3.8) is 0 Å². The number of carbonyl (C=O) groups is 2. The van der Waals surface area contributed by atoms with E-state index >= 15 is 0 Å². The van der Waals surface area contributed by atoms with Crippen LogP contribution in [-0.2, 0) is 4.79 Å². The Balaban J connectivity index is 1.58. The average molecular weight is 421 g/mol. The molecule has 3 aromatic carbocycles. The molecule has 1 N–H and O–H groups in total. The number of thioether (sulfide) groups is 1. The van der Waals surface area contributed by atoms with Gasteiger partial charge in [-0.25, -0.2) is 0 Å². The number of thiocarbonyl (C=S) groups is 1. The standard InChI is InChI=1S/C22H16N2O3S2/c1-27-17-10-5-9-16(12-17)20(25)23-24-21(26)19(29-22(24)28)13-15-8-4-7-14-6-2-3-11-18(14)15/h2-13H,1H3,(H,23,25)/b19-13-. The molecule has 1 aliphatic rings. The third kappa shape index (κ3) is 3.87. The summed E-state index contributed by atoms with van der Waals surface area (Å²) < 4.78 is 5.41. The van der Waals surface area contributed by atoms with Gasteiger partial charge in [0.25, 0.3) is 11.8 Å². The van der Waals surface area contributed by atoms with Crippen LogP contribution in [0.15, 0.2) is 71.6 Å². The highest BCUT2D eigenvalue weighted by Gasteiger charge is 2.33. The zero-order valence-electron chi connectivity index (χ0n) is 15.4.